The van der Waals surface area contributed by atoms with Crippen LogP contribution < -0.4 is 0 Å². The number of nitrogens with zero attached hydrogens (tertiary/aromatic N) is 3. The number of thioether (sulfide) groups is 1. The molecule has 0 spiro atoms. The highest BCUT2D eigenvalue weighted by atomic mass is 79.9. The number of rotatable bonds is 7. The van der Waals surface area contributed by atoms with E-state index in [1.165, 1.54) is 10.5 Å². The molecule has 0 radical (unpaired) electrons. The lowest BCUT2D eigenvalue weighted by Crippen LogP contribution is -2.30. The molecule has 0 atom stereocenters. The number of carbonyl (C=O) groups excluding carboxylic acids is 3. The van der Waals surface area contributed by atoms with Gasteiger partial charge in [-0.05, 0) is 67.3 Å². The van der Waals surface area contributed by atoms with Gasteiger partial charge in [0.25, 0.3) is 11.1 Å². The average molecular weight is 552 g/mol. The Labute approximate surface area is 217 Å². The molecule has 2 fully saturated rings. The van der Waals surface area contributed by atoms with Gasteiger partial charge in [-0.15, -0.1) is 0 Å². The van der Waals surface area contributed by atoms with Crippen molar-refractivity contribution < 1.29 is 14.4 Å². The molecule has 2 saturated heterocycles. The van der Waals surface area contributed by atoms with E-state index in [1.807, 2.05) is 52.1 Å². The van der Waals surface area contributed by atoms with Crippen LogP contribution in [0.3, 0.4) is 0 Å². The van der Waals surface area contributed by atoms with Crippen LogP contribution in [0.1, 0.15) is 30.4 Å². The number of carbonyl (C=O) groups is 3. The largest absolute Gasteiger partial charge is 0.341 e. The van der Waals surface area contributed by atoms with Gasteiger partial charge in [-0.1, -0.05) is 46.3 Å². The summed E-state index contributed by atoms with van der Waals surface area (Å²) in [6.07, 6.45) is 7.34. The van der Waals surface area contributed by atoms with Gasteiger partial charge in [-0.2, -0.15) is 0 Å². The fourth-order valence-corrected chi connectivity index (χ4v) is 5.89. The molecular formula is C27H26BrN3O3S. The molecule has 2 aromatic carbocycles. The van der Waals surface area contributed by atoms with Crippen molar-refractivity contribution in [2.75, 3.05) is 19.6 Å². The first-order valence-electron chi connectivity index (χ1n) is 11.8. The van der Waals surface area contributed by atoms with Crippen LogP contribution in [0.4, 0.5) is 4.79 Å². The number of aryl methyl sites for hydroxylation is 1. The molecule has 1 aromatic heterocycles. The maximum absolute atomic E-state index is 13.1. The van der Waals surface area contributed by atoms with Gasteiger partial charge >= 0.3 is 0 Å². The van der Waals surface area contributed by atoms with E-state index in [9.17, 15) is 14.4 Å². The number of imide groups is 1. The fraction of sp³-hybridized carbons (Fsp3) is 0.296. The van der Waals surface area contributed by atoms with Gasteiger partial charge < -0.3 is 9.47 Å². The summed E-state index contributed by atoms with van der Waals surface area (Å²) in [6.45, 7) is 2.28. The minimum atomic E-state index is -0.253. The van der Waals surface area contributed by atoms with E-state index in [-0.39, 0.29) is 23.6 Å². The van der Waals surface area contributed by atoms with Crippen molar-refractivity contribution in [2.45, 2.75) is 32.2 Å². The van der Waals surface area contributed by atoms with E-state index >= 15 is 0 Å². The van der Waals surface area contributed by atoms with Gasteiger partial charge in [0, 0.05) is 46.8 Å². The Morgan fingerprint density at radius 1 is 1.06 bits per heavy atom. The zero-order valence-corrected chi connectivity index (χ0v) is 21.7. The number of amides is 3. The zero-order chi connectivity index (χ0) is 24.4. The van der Waals surface area contributed by atoms with Crippen LogP contribution in [-0.4, -0.2) is 51.1 Å². The molecule has 180 valence electrons. The minimum absolute atomic E-state index is 0.104. The second kappa shape index (κ2) is 10.4. The molecule has 0 aliphatic carbocycles. The van der Waals surface area contributed by atoms with Crippen LogP contribution in [-0.2, 0) is 22.6 Å². The summed E-state index contributed by atoms with van der Waals surface area (Å²) >= 11 is 4.51. The van der Waals surface area contributed by atoms with Crippen LogP contribution >= 0.6 is 27.7 Å². The van der Waals surface area contributed by atoms with Crippen LogP contribution in [0.5, 0.6) is 0 Å². The first-order chi connectivity index (χ1) is 17.0. The van der Waals surface area contributed by atoms with Crippen molar-refractivity contribution in [3.8, 4) is 0 Å². The first kappa shape index (κ1) is 23.9. The van der Waals surface area contributed by atoms with Gasteiger partial charge in [0.15, 0.2) is 0 Å². The molecule has 5 rings (SSSR count). The molecule has 8 heteroatoms. The predicted octanol–water partition coefficient (Wildman–Crippen LogP) is 5.70. The highest BCUT2D eigenvalue weighted by Crippen LogP contribution is 2.35. The van der Waals surface area contributed by atoms with E-state index in [1.54, 1.807) is 6.08 Å². The van der Waals surface area contributed by atoms with Crippen molar-refractivity contribution in [3.05, 3.63) is 75.2 Å². The van der Waals surface area contributed by atoms with Crippen LogP contribution in [0, 0.1) is 0 Å². The van der Waals surface area contributed by atoms with Gasteiger partial charge in [0.2, 0.25) is 5.91 Å². The van der Waals surface area contributed by atoms with E-state index < -0.39 is 0 Å². The molecule has 0 saturated carbocycles. The average Bonchev–Trinajstić information content (AvgIpc) is 3.56. The Balaban J connectivity index is 1.35. The van der Waals surface area contributed by atoms with Crippen molar-refractivity contribution in [3.63, 3.8) is 0 Å². The maximum Gasteiger partial charge on any atom is 0.293 e. The summed E-state index contributed by atoms with van der Waals surface area (Å²) in [5, 5.41) is 0.702. The quantitative estimate of drug-likeness (QED) is 0.353. The molecule has 2 aliphatic heterocycles. The van der Waals surface area contributed by atoms with Crippen LogP contribution in [0.25, 0.3) is 17.0 Å². The fourth-order valence-electron chi connectivity index (χ4n) is 4.67. The predicted molar refractivity (Wildman–Crippen MR) is 143 cm³/mol. The van der Waals surface area contributed by atoms with Crippen LogP contribution in [0.15, 0.2) is 64.1 Å². The van der Waals surface area contributed by atoms with Crippen molar-refractivity contribution in [1.29, 1.82) is 0 Å². The molecule has 0 N–H and O–H groups in total. The summed E-state index contributed by atoms with van der Waals surface area (Å²) < 4.78 is 2.86. The SMILES string of the molecule is O=C(Cn1cc(/C=C2\SC(=O)N(CCCc3ccccc3)C2=O)c2cc(Br)ccc21)N1CCCC1. The Hall–Kier alpha value is -2.84. The number of hydrogen-bond acceptors (Lipinski definition) is 4. The minimum Gasteiger partial charge on any atom is -0.341 e. The molecule has 0 bridgehead atoms. The maximum atomic E-state index is 13.1. The smallest absolute Gasteiger partial charge is 0.293 e. The van der Waals surface area contributed by atoms with Crippen molar-refractivity contribution >= 4 is 61.7 Å². The summed E-state index contributed by atoms with van der Waals surface area (Å²) in [5.74, 6) is -0.148. The van der Waals surface area contributed by atoms with E-state index in [2.05, 4.69) is 28.1 Å². The van der Waals surface area contributed by atoms with Crippen molar-refractivity contribution in [2.24, 2.45) is 0 Å². The molecule has 2 aliphatic rings. The first-order valence-corrected chi connectivity index (χ1v) is 13.5. The van der Waals surface area contributed by atoms with Crippen LogP contribution in [0.2, 0.25) is 0 Å². The monoisotopic (exact) mass is 551 g/mol. The van der Waals surface area contributed by atoms with Gasteiger partial charge in [-0.25, -0.2) is 0 Å². The van der Waals surface area contributed by atoms with Gasteiger partial charge in [0.05, 0.1) is 4.91 Å². The highest BCUT2D eigenvalue weighted by Gasteiger charge is 2.34. The third-order valence-electron chi connectivity index (χ3n) is 6.49. The number of benzene rings is 2. The number of likely N-dealkylation sites (tertiary alicyclic amines) is 1. The lowest BCUT2D eigenvalue weighted by molar-refractivity contribution is -0.130. The topological polar surface area (TPSA) is 62.6 Å². The molecule has 6 nitrogen and oxygen atoms in total. The second-order valence-electron chi connectivity index (χ2n) is 8.88. The molecule has 0 unspecified atom stereocenters. The lowest BCUT2D eigenvalue weighted by atomic mass is 10.1. The second-order valence-corrected chi connectivity index (χ2v) is 10.8. The molecule has 3 amide bonds. The Bertz CT molecular complexity index is 1310. The number of halogens is 1. The summed E-state index contributed by atoms with van der Waals surface area (Å²) in [6, 6.07) is 16.0. The molecular weight excluding hydrogens is 526 g/mol. The number of aromatic nitrogens is 1. The standard InChI is InChI=1S/C27H26BrN3O3S/c28-21-10-11-23-22(16-21)20(17-30(23)18-25(32)29-12-4-5-13-29)15-24-26(33)31(27(34)35-24)14-6-9-19-7-2-1-3-8-19/h1-3,7-8,10-11,15-17H,4-6,9,12-14,18H2/b24-15-. The molecule has 35 heavy (non-hydrogen) atoms. The molecule has 3 heterocycles. The van der Waals surface area contributed by atoms with E-state index in [0.29, 0.717) is 11.4 Å². The van der Waals surface area contributed by atoms with Gasteiger partial charge in [0.1, 0.15) is 6.54 Å². The van der Waals surface area contributed by atoms with E-state index in [4.69, 9.17) is 0 Å². The zero-order valence-electron chi connectivity index (χ0n) is 19.3. The Morgan fingerprint density at radius 2 is 1.83 bits per heavy atom. The van der Waals surface area contributed by atoms with Gasteiger partial charge in [-0.3, -0.25) is 19.3 Å². The third kappa shape index (κ3) is 5.23. The summed E-state index contributed by atoms with van der Waals surface area (Å²) in [7, 11) is 0. The summed E-state index contributed by atoms with van der Waals surface area (Å²) in [5.41, 5.74) is 2.94. The highest BCUT2D eigenvalue weighted by molar-refractivity contribution is 9.10. The number of hydrogen-bond donors (Lipinski definition) is 0. The van der Waals surface area contributed by atoms with E-state index in [0.717, 1.165) is 71.5 Å². The Morgan fingerprint density at radius 3 is 2.60 bits per heavy atom. The Kier molecular flexibility index (Phi) is 7.11. The third-order valence-corrected chi connectivity index (χ3v) is 7.89. The summed E-state index contributed by atoms with van der Waals surface area (Å²) in [4.78, 5) is 42.1. The molecule has 3 aromatic rings. The normalized spacial score (nSPS) is 17.3. The van der Waals surface area contributed by atoms with Crippen molar-refractivity contribution in [1.82, 2.24) is 14.4 Å². The lowest BCUT2D eigenvalue weighted by Gasteiger charge is -2.16. The number of fused-ring (bicyclic) bond motifs is 1.